The van der Waals surface area contributed by atoms with Gasteiger partial charge in [-0.05, 0) is 24.3 Å². The lowest BCUT2D eigenvalue weighted by Gasteiger charge is -2.04. The number of carbonyl (C=O) groups excluding carboxylic acids is 1. The molecule has 0 aliphatic carbocycles. The monoisotopic (exact) mass is 324 g/mol. The molecule has 0 fully saturated rings. The third-order valence-electron chi connectivity index (χ3n) is 2.92. The zero-order valence-electron chi connectivity index (χ0n) is 11.9. The van der Waals surface area contributed by atoms with Crippen LogP contribution in [0.1, 0.15) is 17.8 Å². The van der Waals surface area contributed by atoms with E-state index >= 15 is 0 Å². The molecule has 0 unspecified atom stereocenters. The van der Waals surface area contributed by atoms with Crippen molar-refractivity contribution < 1.29 is 9.90 Å². The van der Waals surface area contributed by atoms with Crippen molar-refractivity contribution >= 4 is 39.2 Å². The fourth-order valence-corrected chi connectivity index (χ4v) is 3.62. The molecule has 1 aromatic heterocycles. The number of aliphatic hydroxyl groups is 1. The molecule has 0 spiro atoms. The van der Waals surface area contributed by atoms with Crippen molar-refractivity contribution in [2.24, 2.45) is 0 Å². The van der Waals surface area contributed by atoms with E-state index in [0.717, 1.165) is 28.5 Å². The van der Waals surface area contributed by atoms with E-state index in [4.69, 9.17) is 5.11 Å². The summed E-state index contributed by atoms with van der Waals surface area (Å²) in [5.74, 6) is 1.92. The second-order valence-corrected chi connectivity index (χ2v) is 6.95. The van der Waals surface area contributed by atoms with Gasteiger partial charge < -0.3 is 10.4 Å². The Morgan fingerprint density at radius 1 is 1.33 bits per heavy atom. The number of fused-ring (bicyclic) bond motifs is 1. The van der Waals surface area contributed by atoms with Crippen molar-refractivity contribution in [1.82, 2.24) is 10.3 Å². The van der Waals surface area contributed by atoms with Gasteiger partial charge in [0, 0.05) is 31.7 Å². The third kappa shape index (κ3) is 5.65. The first kappa shape index (κ1) is 16.3. The van der Waals surface area contributed by atoms with Crippen molar-refractivity contribution in [2.45, 2.75) is 19.3 Å². The number of aryl methyl sites for hydroxylation is 1. The van der Waals surface area contributed by atoms with Crippen LogP contribution in [0.25, 0.3) is 10.2 Å². The molecule has 2 N–H and O–H groups in total. The average molecular weight is 324 g/mol. The van der Waals surface area contributed by atoms with Gasteiger partial charge in [-0.2, -0.15) is 11.8 Å². The molecule has 1 heterocycles. The summed E-state index contributed by atoms with van der Waals surface area (Å²) in [6.07, 6.45) is 2.00. The fraction of sp³-hybridized carbons (Fsp3) is 0.467. The number of thiazole rings is 1. The van der Waals surface area contributed by atoms with E-state index < -0.39 is 0 Å². The molecule has 21 heavy (non-hydrogen) atoms. The Labute approximate surface area is 133 Å². The number of hydrogen-bond donors (Lipinski definition) is 2. The van der Waals surface area contributed by atoms with Crippen molar-refractivity contribution in [3.63, 3.8) is 0 Å². The number of carbonyl (C=O) groups is 1. The highest BCUT2D eigenvalue weighted by molar-refractivity contribution is 7.99. The van der Waals surface area contributed by atoms with E-state index in [1.807, 2.05) is 18.2 Å². The number of aromatic nitrogens is 1. The summed E-state index contributed by atoms with van der Waals surface area (Å²) in [6, 6.07) is 8.04. The molecule has 6 heteroatoms. The minimum absolute atomic E-state index is 0.0806. The molecule has 0 saturated carbocycles. The second-order valence-electron chi connectivity index (χ2n) is 4.61. The van der Waals surface area contributed by atoms with E-state index in [9.17, 15) is 4.79 Å². The summed E-state index contributed by atoms with van der Waals surface area (Å²) >= 11 is 3.41. The molecule has 0 aliphatic rings. The minimum Gasteiger partial charge on any atom is -0.396 e. The number of aliphatic hydroxyl groups excluding tert-OH is 1. The minimum atomic E-state index is 0.0806. The number of rotatable bonds is 9. The number of benzene rings is 1. The van der Waals surface area contributed by atoms with Gasteiger partial charge in [-0.15, -0.1) is 11.3 Å². The van der Waals surface area contributed by atoms with Crippen LogP contribution in [0, 0.1) is 0 Å². The smallest absolute Gasteiger partial charge is 0.220 e. The molecule has 1 amide bonds. The molecule has 0 atom stereocenters. The van der Waals surface area contributed by atoms with Gasteiger partial charge in [0.15, 0.2) is 0 Å². The zero-order chi connectivity index (χ0) is 14.9. The van der Waals surface area contributed by atoms with Crippen LogP contribution in [0.4, 0.5) is 0 Å². The largest absolute Gasteiger partial charge is 0.396 e. The van der Waals surface area contributed by atoms with Crippen molar-refractivity contribution in [2.75, 3.05) is 24.7 Å². The Bertz CT molecular complexity index is 539. The van der Waals surface area contributed by atoms with Crippen molar-refractivity contribution in [3.8, 4) is 0 Å². The Kier molecular flexibility index (Phi) is 6.99. The van der Waals surface area contributed by atoms with Gasteiger partial charge in [-0.3, -0.25) is 4.79 Å². The molecule has 0 radical (unpaired) electrons. The molecule has 114 valence electrons. The maximum Gasteiger partial charge on any atom is 0.220 e. The van der Waals surface area contributed by atoms with Gasteiger partial charge in [0.05, 0.1) is 15.2 Å². The normalized spacial score (nSPS) is 10.9. The van der Waals surface area contributed by atoms with Gasteiger partial charge >= 0.3 is 0 Å². The highest BCUT2D eigenvalue weighted by Crippen LogP contribution is 2.22. The highest BCUT2D eigenvalue weighted by atomic mass is 32.2. The molecule has 2 rings (SSSR count). The van der Waals surface area contributed by atoms with Crippen LogP contribution in [-0.2, 0) is 11.2 Å². The second kappa shape index (κ2) is 9.02. The van der Waals surface area contributed by atoms with E-state index in [2.05, 4.69) is 16.4 Å². The van der Waals surface area contributed by atoms with Crippen molar-refractivity contribution in [1.29, 1.82) is 0 Å². The molecule has 0 saturated heterocycles. The number of hydrogen-bond acceptors (Lipinski definition) is 5. The topological polar surface area (TPSA) is 62.2 Å². The van der Waals surface area contributed by atoms with Gasteiger partial charge in [-0.1, -0.05) is 12.1 Å². The molecular formula is C15H20N2O2S2. The van der Waals surface area contributed by atoms with Gasteiger partial charge in [0.1, 0.15) is 0 Å². The number of nitrogens with one attached hydrogen (secondary N) is 1. The summed E-state index contributed by atoms with van der Waals surface area (Å²) < 4.78 is 1.17. The summed E-state index contributed by atoms with van der Waals surface area (Å²) in [6.45, 7) is 0.927. The maximum atomic E-state index is 11.7. The predicted octanol–water partition coefficient (Wildman–Crippen LogP) is 2.46. The van der Waals surface area contributed by atoms with Gasteiger partial charge in [-0.25, -0.2) is 4.98 Å². The van der Waals surface area contributed by atoms with E-state index in [1.54, 1.807) is 23.1 Å². The lowest BCUT2D eigenvalue weighted by Crippen LogP contribution is -2.26. The van der Waals surface area contributed by atoms with Crippen molar-refractivity contribution in [3.05, 3.63) is 29.3 Å². The molecule has 1 aromatic carbocycles. The zero-order valence-corrected chi connectivity index (χ0v) is 13.5. The Balaban J connectivity index is 1.64. The lowest BCUT2D eigenvalue weighted by atomic mass is 10.3. The van der Waals surface area contributed by atoms with Crippen LogP contribution in [0.2, 0.25) is 0 Å². The standard InChI is InChI=1S/C15H20N2O2S2/c18-9-3-10-20-11-8-16-14(19)6-7-15-17-12-4-1-2-5-13(12)21-15/h1-2,4-5,18H,3,6-11H2,(H,16,19). The van der Waals surface area contributed by atoms with Gasteiger partial charge in [0.25, 0.3) is 0 Å². The summed E-state index contributed by atoms with van der Waals surface area (Å²) in [7, 11) is 0. The third-order valence-corrected chi connectivity index (χ3v) is 5.09. The molecule has 0 bridgehead atoms. The van der Waals surface area contributed by atoms with Crippen LogP contribution in [0.15, 0.2) is 24.3 Å². The Morgan fingerprint density at radius 3 is 3.00 bits per heavy atom. The summed E-state index contributed by atoms with van der Waals surface area (Å²) in [5, 5.41) is 12.6. The van der Waals surface area contributed by atoms with Crippen LogP contribution < -0.4 is 5.32 Å². The molecule has 4 nitrogen and oxygen atoms in total. The first-order valence-corrected chi connectivity index (χ1v) is 9.06. The van der Waals surface area contributed by atoms with Crippen LogP contribution >= 0.6 is 23.1 Å². The summed E-state index contributed by atoms with van der Waals surface area (Å²) in [4.78, 5) is 16.3. The fourth-order valence-electron chi connectivity index (χ4n) is 1.87. The number of thioether (sulfide) groups is 1. The van der Waals surface area contributed by atoms with Crippen LogP contribution in [0.3, 0.4) is 0 Å². The molecule has 2 aromatic rings. The Hall–Kier alpha value is -1.11. The van der Waals surface area contributed by atoms with Gasteiger partial charge in [0.2, 0.25) is 5.91 Å². The van der Waals surface area contributed by atoms with Crippen LogP contribution in [-0.4, -0.2) is 40.7 Å². The number of nitrogens with zero attached hydrogens (tertiary/aromatic N) is 1. The predicted molar refractivity (Wildman–Crippen MR) is 90.0 cm³/mol. The SMILES string of the molecule is O=C(CCc1nc2ccccc2s1)NCCSCCCO. The molecule has 0 aliphatic heterocycles. The number of amides is 1. The maximum absolute atomic E-state index is 11.7. The van der Waals surface area contributed by atoms with Crippen LogP contribution in [0.5, 0.6) is 0 Å². The lowest BCUT2D eigenvalue weighted by molar-refractivity contribution is -0.120. The summed E-state index contributed by atoms with van der Waals surface area (Å²) in [5.41, 5.74) is 1.01. The van der Waals surface area contributed by atoms with E-state index in [1.165, 1.54) is 4.70 Å². The van der Waals surface area contributed by atoms with E-state index in [-0.39, 0.29) is 12.5 Å². The Morgan fingerprint density at radius 2 is 2.19 bits per heavy atom. The first-order chi connectivity index (χ1) is 10.3. The van der Waals surface area contributed by atoms with E-state index in [0.29, 0.717) is 19.4 Å². The number of para-hydroxylation sites is 1. The average Bonchev–Trinajstić information content (AvgIpc) is 2.91. The highest BCUT2D eigenvalue weighted by Gasteiger charge is 2.06. The molecular weight excluding hydrogens is 304 g/mol. The first-order valence-electron chi connectivity index (χ1n) is 7.09. The quantitative estimate of drug-likeness (QED) is 0.696.